The molecule has 0 unspecified atom stereocenters. The highest BCUT2D eigenvalue weighted by atomic mass is 32.2. The number of nitrogens with zero attached hydrogens (tertiary/aromatic N) is 2. The summed E-state index contributed by atoms with van der Waals surface area (Å²) in [6.45, 7) is 0.441. The second-order valence-electron chi connectivity index (χ2n) is 4.34. The van der Waals surface area contributed by atoms with Gasteiger partial charge >= 0.3 is 0 Å². The van der Waals surface area contributed by atoms with Gasteiger partial charge in [0, 0.05) is 13.1 Å². The summed E-state index contributed by atoms with van der Waals surface area (Å²) in [6, 6.07) is 6.57. The van der Waals surface area contributed by atoms with Crippen molar-refractivity contribution in [1.82, 2.24) is 4.90 Å². The largest absolute Gasteiger partial charge is 0.508 e. The number of benzene rings is 1. The van der Waals surface area contributed by atoms with Crippen molar-refractivity contribution in [2.45, 2.75) is 0 Å². The van der Waals surface area contributed by atoms with Crippen LogP contribution >= 0.6 is 11.8 Å². The highest BCUT2D eigenvalue weighted by Crippen LogP contribution is 2.30. The first kappa shape index (κ1) is 15.6. The quantitative estimate of drug-likeness (QED) is 0.692. The van der Waals surface area contributed by atoms with E-state index in [1.54, 1.807) is 35.2 Å². The van der Waals surface area contributed by atoms with Crippen LogP contribution in [0.3, 0.4) is 0 Å². The maximum absolute atomic E-state index is 11.9. The topological polar surface area (TPSA) is 93.4 Å². The molecule has 1 heterocycles. The number of carbonyl (C=O) groups is 1. The number of hydrogen-bond donors (Lipinski definition) is 3. The zero-order valence-electron chi connectivity index (χ0n) is 11.3. The molecule has 0 bridgehead atoms. The zero-order chi connectivity index (χ0) is 15.2. The maximum atomic E-state index is 11.9. The molecule has 0 radical (unpaired) electrons. The average Bonchev–Trinajstić information content (AvgIpc) is 2.80. The van der Waals surface area contributed by atoms with Crippen molar-refractivity contribution < 1.29 is 20.1 Å². The van der Waals surface area contributed by atoms with E-state index in [0.29, 0.717) is 28.7 Å². The summed E-state index contributed by atoms with van der Waals surface area (Å²) < 4.78 is 0. The molecule has 0 atom stereocenters. The van der Waals surface area contributed by atoms with E-state index in [-0.39, 0.29) is 24.9 Å². The predicted molar refractivity (Wildman–Crippen MR) is 81.9 cm³/mol. The Labute approximate surface area is 126 Å². The molecule has 0 fully saturated rings. The molecule has 1 aromatic carbocycles. The molecule has 1 aliphatic rings. The molecule has 0 aliphatic carbocycles. The molecular weight excluding hydrogens is 292 g/mol. The second-order valence-corrected chi connectivity index (χ2v) is 5.35. The van der Waals surface area contributed by atoms with Crippen molar-refractivity contribution in [3.05, 3.63) is 34.7 Å². The number of aliphatic imine (C=N–C) groups is 1. The Bertz CT molecular complexity index is 580. The first-order valence-electron chi connectivity index (χ1n) is 6.42. The van der Waals surface area contributed by atoms with Crippen molar-refractivity contribution in [3.63, 3.8) is 0 Å². The number of rotatable bonds is 5. The molecule has 0 aromatic heterocycles. The maximum Gasteiger partial charge on any atom is 0.286 e. The van der Waals surface area contributed by atoms with Gasteiger partial charge in [0.15, 0.2) is 5.17 Å². The molecule has 2 rings (SSSR count). The molecular formula is C14H16N2O4S. The Kier molecular flexibility index (Phi) is 5.38. The van der Waals surface area contributed by atoms with Crippen molar-refractivity contribution in [2.75, 3.05) is 26.3 Å². The first-order valence-corrected chi connectivity index (χ1v) is 7.24. The number of aliphatic hydroxyl groups excluding tert-OH is 2. The van der Waals surface area contributed by atoms with E-state index in [2.05, 4.69) is 4.99 Å². The number of hydrogen-bond acceptors (Lipinski definition) is 6. The van der Waals surface area contributed by atoms with Crippen LogP contribution in [0.4, 0.5) is 0 Å². The van der Waals surface area contributed by atoms with Crippen LogP contribution in [0.2, 0.25) is 0 Å². The summed E-state index contributed by atoms with van der Waals surface area (Å²) in [4.78, 5) is 17.9. The van der Waals surface area contributed by atoms with Crippen molar-refractivity contribution in [3.8, 4) is 5.75 Å². The summed E-state index contributed by atoms with van der Waals surface area (Å²) in [6.07, 6.45) is 1.65. The molecule has 0 saturated heterocycles. The van der Waals surface area contributed by atoms with E-state index in [1.807, 2.05) is 0 Å². The molecule has 21 heavy (non-hydrogen) atoms. The van der Waals surface area contributed by atoms with Crippen LogP contribution in [-0.2, 0) is 4.79 Å². The van der Waals surface area contributed by atoms with Crippen molar-refractivity contribution in [1.29, 1.82) is 0 Å². The number of aromatic hydroxyl groups is 1. The van der Waals surface area contributed by atoms with E-state index in [1.165, 1.54) is 11.8 Å². The zero-order valence-corrected chi connectivity index (χ0v) is 12.1. The van der Waals surface area contributed by atoms with Crippen LogP contribution in [0.25, 0.3) is 6.08 Å². The number of amides is 1. The fourth-order valence-corrected chi connectivity index (χ4v) is 2.81. The smallest absolute Gasteiger partial charge is 0.286 e. The van der Waals surface area contributed by atoms with E-state index < -0.39 is 0 Å². The standard InChI is InChI=1S/C14H16N2O4S/c17-6-4-16(5-7-18)14-15-13(20)12(21-14)9-10-2-1-3-11(19)8-10/h1-3,8-9,17-19H,4-7H2. The minimum absolute atomic E-state index is 0.0840. The number of amidine groups is 1. The van der Waals surface area contributed by atoms with Gasteiger partial charge in [0.05, 0.1) is 18.1 Å². The normalized spacial score (nSPS) is 16.4. The van der Waals surface area contributed by atoms with Gasteiger partial charge in [-0.2, -0.15) is 4.99 Å². The average molecular weight is 308 g/mol. The third-order valence-electron chi connectivity index (χ3n) is 2.79. The van der Waals surface area contributed by atoms with Crippen molar-refractivity contribution >= 4 is 28.9 Å². The monoisotopic (exact) mass is 308 g/mol. The fourth-order valence-electron chi connectivity index (χ4n) is 1.84. The minimum atomic E-state index is -0.362. The summed E-state index contributed by atoms with van der Waals surface area (Å²) in [5.41, 5.74) is 0.707. The molecule has 112 valence electrons. The molecule has 0 saturated carbocycles. The third-order valence-corrected chi connectivity index (χ3v) is 3.83. The Balaban J connectivity index is 2.15. The molecule has 1 amide bonds. The number of phenolic OH excluding ortho intramolecular Hbond substituents is 1. The Hall–Kier alpha value is -1.83. The van der Waals surface area contributed by atoms with E-state index in [0.717, 1.165) is 0 Å². The predicted octanol–water partition coefficient (Wildman–Crippen LogP) is 0.649. The highest BCUT2D eigenvalue weighted by Gasteiger charge is 2.25. The van der Waals surface area contributed by atoms with Crippen LogP contribution in [0, 0.1) is 0 Å². The SMILES string of the molecule is O=C1N=C(N(CCO)CCO)SC1=Cc1cccc(O)c1. The van der Waals surface area contributed by atoms with E-state index in [9.17, 15) is 9.90 Å². The van der Waals surface area contributed by atoms with Gasteiger partial charge in [-0.15, -0.1) is 0 Å². The fraction of sp³-hybridized carbons (Fsp3) is 0.286. The van der Waals surface area contributed by atoms with Gasteiger partial charge in [-0.25, -0.2) is 0 Å². The Morgan fingerprint density at radius 1 is 1.24 bits per heavy atom. The van der Waals surface area contributed by atoms with Gasteiger partial charge in [-0.05, 0) is 35.5 Å². The molecule has 3 N–H and O–H groups in total. The third kappa shape index (κ3) is 4.07. The lowest BCUT2D eigenvalue weighted by Crippen LogP contribution is -2.33. The molecule has 1 aromatic rings. The van der Waals surface area contributed by atoms with Gasteiger partial charge in [-0.3, -0.25) is 4.79 Å². The number of phenols is 1. The van der Waals surface area contributed by atoms with Crippen LogP contribution in [0.15, 0.2) is 34.2 Å². The number of thioether (sulfide) groups is 1. The van der Waals surface area contributed by atoms with Gasteiger partial charge < -0.3 is 20.2 Å². The first-order chi connectivity index (χ1) is 10.1. The number of aliphatic hydroxyl groups is 2. The highest BCUT2D eigenvalue weighted by molar-refractivity contribution is 8.18. The van der Waals surface area contributed by atoms with Gasteiger partial charge in [0.2, 0.25) is 0 Å². The Morgan fingerprint density at radius 2 is 1.95 bits per heavy atom. The van der Waals surface area contributed by atoms with Gasteiger partial charge in [0.25, 0.3) is 5.91 Å². The van der Waals surface area contributed by atoms with Crippen LogP contribution in [0.5, 0.6) is 5.75 Å². The van der Waals surface area contributed by atoms with E-state index in [4.69, 9.17) is 10.2 Å². The Morgan fingerprint density at radius 3 is 2.57 bits per heavy atom. The summed E-state index contributed by atoms with van der Waals surface area (Å²) in [5.74, 6) is -0.234. The molecule has 0 spiro atoms. The summed E-state index contributed by atoms with van der Waals surface area (Å²) in [7, 11) is 0. The van der Waals surface area contributed by atoms with Crippen LogP contribution < -0.4 is 0 Å². The van der Waals surface area contributed by atoms with Crippen molar-refractivity contribution in [2.24, 2.45) is 4.99 Å². The second kappa shape index (κ2) is 7.26. The lowest BCUT2D eigenvalue weighted by atomic mass is 10.2. The van der Waals surface area contributed by atoms with Gasteiger partial charge in [0.1, 0.15) is 5.75 Å². The van der Waals surface area contributed by atoms with Crippen LogP contribution in [0.1, 0.15) is 5.56 Å². The lowest BCUT2D eigenvalue weighted by Gasteiger charge is -2.20. The minimum Gasteiger partial charge on any atom is -0.508 e. The van der Waals surface area contributed by atoms with Crippen LogP contribution in [-0.4, -0.2) is 57.6 Å². The summed E-state index contributed by atoms with van der Waals surface area (Å²) in [5, 5.41) is 27.9. The molecule has 1 aliphatic heterocycles. The molecule has 7 heteroatoms. The lowest BCUT2D eigenvalue weighted by molar-refractivity contribution is -0.113. The molecule has 6 nitrogen and oxygen atoms in total. The van der Waals surface area contributed by atoms with E-state index >= 15 is 0 Å². The number of carbonyl (C=O) groups excluding carboxylic acids is 1. The van der Waals surface area contributed by atoms with Gasteiger partial charge in [-0.1, -0.05) is 12.1 Å². The summed E-state index contributed by atoms with van der Waals surface area (Å²) >= 11 is 1.19.